The zero-order chi connectivity index (χ0) is 15.7. The zero-order valence-electron chi connectivity index (χ0n) is 11.8. The highest BCUT2D eigenvalue weighted by atomic mass is 32.1. The molecule has 0 aliphatic carbocycles. The fraction of sp³-hybridized carbons (Fsp3) is 0.400. The lowest BCUT2D eigenvalue weighted by atomic mass is 9.95. The number of likely N-dealkylation sites (tertiary alicyclic amines) is 1. The monoisotopic (exact) mass is 327 g/mol. The Hall–Kier alpha value is -1.44. The molecule has 0 amide bonds. The van der Waals surface area contributed by atoms with E-state index in [-0.39, 0.29) is 12.0 Å². The van der Waals surface area contributed by atoms with E-state index in [9.17, 15) is 13.2 Å². The Bertz CT molecular complexity index is 626. The van der Waals surface area contributed by atoms with Crippen LogP contribution in [-0.2, 0) is 12.7 Å². The van der Waals surface area contributed by atoms with E-state index in [1.807, 2.05) is 30.3 Å². The number of halogens is 3. The topological polar surface area (TPSA) is 42.1 Å². The molecule has 1 aliphatic rings. The Labute approximate surface area is 130 Å². The molecule has 22 heavy (non-hydrogen) atoms. The lowest BCUT2D eigenvalue weighted by Gasteiger charge is -2.15. The summed E-state index contributed by atoms with van der Waals surface area (Å²) in [6.45, 7) is 1.90. The van der Waals surface area contributed by atoms with Crippen LogP contribution in [0, 0.1) is 0 Å². The summed E-state index contributed by atoms with van der Waals surface area (Å²) in [7, 11) is 0. The average Bonchev–Trinajstić information content (AvgIpc) is 3.07. The maximum Gasteiger partial charge on any atom is 0.443 e. The van der Waals surface area contributed by atoms with Gasteiger partial charge in [-0.2, -0.15) is 13.2 Å². The number of alkyl halides is 3. The van der Waals surface area contributed by atoms with Crippen LogP contribution >= 0.6 is 11.3 Å². The molecular formula is C15H16F3N3S. The highest BCUT2D eigenvalue weighted by Crippen LogP contribution is 2.34. The van der Waals surface area contributed by atoms with E-state index < -0.39 is 11.2 Å². The molecular weight excluding hydrogens is 311 g/mol. The Morgan fingerprint density at radius 3 is 2.59 bits per heavy atom. The SMILES string of the molecule is N[C@@H]1CN(Cc2cnc(C(F)(F)F)s2)C[C@H]1c1ccccc1. The van der Waals surface area contributed by atoms with Gasteiger partial charge < -0.3 is 5.73 Å². The van der Waals surface area contributed by atoms with Gasteiger partial charge in [-0.15, -0.1) is 11.3 Å². The molecule has 0 radical (unpaired) electrons. The minimum Gasteiger partial charge on any atom is -0.326 e. The number of nitrogens with two attached hydrogens (primary N) is 1. The van der Waals surface area contributed by atoms with Gasteiger partial charge in [-0.1, -0.05) is 30.3 Å². The standard InChI is InChI=1S/C15H16F3N3S/c16-15(17,18)14-20-6-11(22-14)7-21-8-12(13(19)9-21)10-4-2-1-3-5-10/h1-6,12-13H,7-9,19H2/t12-,13+/m0/s1. The maximum atomic E-state index is 12.6. The molecule has 3 nitrogen and oxygen atoms in total. The second-order valence-electron chi connectivity index (χ2n) is 5.50. The van der Waals surface area contributed by atoms with E-state index in [0.29, 0.717) is 29.3 Å². The van der Waals surface area contributed by atoms with Crippen LogP contribution < -0.4 is 5.73 Å². The van der Waals surface area contributed by atoms with Gasteiger partial charge >= 0.3 is 6.18 Å². The van der Waals surface area contributed by atoms with Crippen molar-refractivity contribution in [2.24, 2.45) is 5.73 Å². The number of nitrogens with zero attached hydrogens (tertiary/aromatic N) is 2. The van der Waals surface area contributed by atoms with Gasteiger partial charge in [-0.25, -0.2) is 4.98 Å². The van der Waals surface area contributed by atoms with Crippen molar-refractivity contribution in [2.45, 2.75) is 24.7 Å². The van der Waals surface area contributed by atoms with Crippen LogP contribution in [0.1, 0.15) is 21.4 Å². The number of aromatic nitrogens is 1. The highest BCUT2D eigenvalue weighted by molar-refractivity contribution is 7.11. The van der Waals surface area contributed by atoms with E-state index in [2.05, 4.69) is 9.88 Å². The summed E-state index contributed by atoms with van der Waals surface area (Å²) in [5.41, 5.74) is 7.37. The largest absolute Gasteiger partial charge is 0.443 e. The van der Waals surface area contributed by atoms with E-state index in [4.69, 9.17) is 5.73 Å². The van der Waals surface area contributed by atoms with Crippen LogP contribution in [-0.4, -0.2) is 29.0 Å². The fourth-order valence-corrected chi connectivity index (χ4v) is 3.65. The van der Waals surface area contributed by atoms with Gasteiger partial charge in [0.1, 0.15) is 0 Å². The Kier molecular flexibility index (Phi) is 4.20. The van der Waals surface area contributed by atoms with Crippen LogP contribution in [0.15, 0.2) is 36.5 Å². The van der Waals surface area contributed by atoms with Crippen LogP contribution in [0.2, 0.25) is 0 Å². The molecule has 118 valence electrons. The van der Waals surface area contributed by atoms with Crippen LogP contribution in [0.4, 0.5) is 13.2 Å². The number of thiazole rings is 1. The number of hydrogen-bond donors (Lipinski definition) is 1. The Balaban J connectivity index is 1.66. The minimum absolute atomic E-state index is 0.00240. The van der Waals surface area contributed by atoms with Gasteiger partial charge in [0.25, 0.3) is 0 Å². The molecule has 2 atom stereocenters. The van der Waals surface area contributed by atoms with Gasteiger partial charge in [0.15, 0.2) is 5.01 Å². The lowest BCUT2D eigenvalue weighted by molar-refractivity contribution is -0.137. The molecule has 1 aliphatic heterocycles. The first-order chi connectivity index (χ1) is 10.4. The summed E-state index contributed by atoms with van der Waals surface area (Å²) < 4.78 is 37.7. The summed E-state index contributed by atoms with van der Waals surface area (Å²) in [6, 6.07) is 9.99. The summed E-state index contributed by atoms with van der Waals surface area (Å²) in [6.07, 6.45) is -3.05. The summed E-state index contributed by atoms with van der Waals surface area (Å²) in [5, 5.41) is -0.786. The first-order valence-electron chi connectivity index (χ1n) is 6.98. The number of hydrogen-bond acceptors (Lipinski definition) is 4. The van der Waals surface area contributed by atoms with E-state index >= 15 is 0 Å². The fourth-order valence-electron chi connectivity index (χ4n) is 2.83. The van der Waals surface area contributed by atoms with E-state index in [0.717, 1.165) is 6.54 Å². The predicted molar refractivity (Wildman–Crippen MR) is 79.6 cm³/mol. The molecule has 1 saturated heterocycles. The molecule has 1 aromatic heterocycles. The first kappa shape index (κ1) is 15.5. The summed E-state index contributed by atoms with van der Waals surface area (Å²) in [5.74, 6) is 0.219. The highest BCUT2D eigenvalue weighted by Gasteiger charge is 2.35. The third kappa shape index (κ3) is 3.31. The molecule has 1 fully saturated rings. The van der Waals surface area contributed by atoms with Crippen molar-refractivity contribution < 1.29 is 13.2 Å². The molecule has 3 rings (SSSR count). The summed E-state index contributed by atoms with van der Waals surface area (Å²) >= 11 is 0.706. The van der Waals surface area contributed by atoms with Crippen molar-refractivity contribution in [3.63, 3.8) is 0 Å². The molecule has 2 aromatic rings. The second kappa shape index (κ2) is 5.98. The lowest BCUT2D eigenvalue weighted by Crippen LogP contribution is -2.28. The summed E-state index contributed by atoms with van der Waals surface area (Å²) in [4.78, 5) is 6.17. The van der Waals surface area contributed by atoms with Gasteiger partial charge in [0.2, 0.25) is 0 Å². The average molecular weight is 327 g/mol. The molecule has 2 N–H and O–H groups in total. The molecule has 0 unspecified atom stereocenters. The third-order valence-corrected chi connectivity index (χ3v) is 4.87. The van der Waals surface area contributed by atoms with Crippen LogP contribution in [0.3, 0.4) is 0 Å². The van der Waals surface area contributed by atoms with Crippen molar-refractivity contribution in [3.8, 4) is 0 Å². The third-order valence-electron chi connectivity index (χ3n) is 3.84. The van der Waals surface area contributed by atoms with Crippen molar-refractivity contribution in [3.05, 3.63) is 52.0 Å². The molecule has 0 spiro atoms. The second-order valence-corrected chi connectivity index (χ2v) is 6.62. The van der Waals surface area contributed by atoms with Crippen molar-refractivity contribution in [1.82, 2.24) is 9.88 Å². The molecule has 7 heteroatoms. The smallest absolute Gasteiger partial charge is 0.326 e. The van der Waals surface area contributed by atoms with Crippen molar-refractivity contribution in [1.29, 1.82) is 0 Å². The number of rotatable bonds is 3. The van der Waals surface area contributed by atoms with Gasteiger partial charge in [-0.3, -0.25) is 4.90 Å². The first-order valence-corrected chi connectivity index (χ1v) is 7.80. The quantitative estimate of drug-likeness (QED) is 0.942. The molecule has 2 heterocycles. The van der Waals surface area contributed by atoms with Gasteiger partial charge in [0, 0.05) is 42.7 Å². The normalized spacial score (nSPS) is 23.1. The predicted octanol–water partition coefficient (Wildman–Crippen LogP) is 3.09. The van der Waals surface area contributed by atoms with E-state index in [1.54, 1.807) is 0 Å². The maximum absolute atomic E-state index is 12.6. The van der Waals surface area contributed by atoms with Crippen molar-refractivity contribution >= 4 is 11.3 Å². The molecule has 1 aromatic carbocycles. The van der Waals surface area contributed by atoms with Crippen LogP contribution in [0.5, 0.6) is 0 Å². The van der Waals surface area contributed by atoms with Gasteiger partial charge in [0.05, 0.1) is 0 Å². The van der Waals surface area contributed by atoms with Crippen LogP contribution in [0.25, 0.3) is 0 Å². The molecule has 0 bridgehead atoms. The zero-order valence-corrected chi connectivity index (χ0v) is 12.6. The molecule has 0 saturated carbocycles. The Morgan fingerprint density at radius 2 is 1.95 bits per heavy atom. The van der Waals surface area contributed by atoms with E-state index in [1.165, 1.54) is 11.8 Å². The minimum atomic E-state index is -4.36. The van der Waals surface area contributed by atoms with Gasteiger partial charge in [-0.05, 0) is 5.56 Å². The number of benzene rings is 1. The van der Waals surface area contributed by atoms with Crippen molar-refractivity contribution in [2.75, 3.05) is 13.1 Å². The Morgan fingerprint density at radius 1 is 1.23 bits per heavy atom.